The van der Waals surface area contributed by atoms with Gasteiger partial charge in [0.05, 0.1) is 10.5 Å². The lowest BCUT2D eigenvalue weighted by atomic mass is 10.1. The van der Waals surface area contributed by atoms with E-state index in [0.717, 1.165) is 6.26 Å². The monoisotopic (exact) mass is 485 g/mol. The summed E-state index contributed by atoms with van der Waals surface area (Å²) in [5, 5.41) is 22.3. The second kappa shape index (κ2) is 9.98. The number of para-hydroxylation sites is 1. The van der Waals surface area contributed by atoms with Gasteiger partial charge in [0.2, 0.25) is 15.0 Å². The number of aromatic nitrogens is 2. The van der Waals surface area contributed by atoms with Gasteiger partial charge in [-0.15, -0.1) is 0 Å². The second-order valence-corrected chi connectivity index (χ2v) is 9.18. The van der Waals surface area contributed by atoms with Crippen LogP contribution in [-0.2, 0) is 21.2 Å². The summed E-state index contributed by atoms with van der Waals surface area (Å²) in [7, 11) is -3.61. The predicted octanol–water partition coefficient (Wildman–Crippen LogP) is 2.97. The standard InChI is InChI=1S/C20H15N5O6S2/c1-33(29,30)20-23-19(32-24-20)22-18(26)15(11-21)10-13-6-8-16(9-7-13)31-12-14-4-2-3-5-17(14)25(27)28/h2-10H,12H2,1H3,(H,22,23,24,26)/b15-10-. The molecule has 1 N–H and O–H groups in total. The average Bonchev–Trinajstić information content (AvgIpc) is 3.26. The molecule has 0 aliphatic rings. The third-order valence-electron chi connectivity index (χ3n) is 4.10. The highest BCUT2D eigenvalue weighted by atomic mass is 32.2. The van der Waals surface area contributed by atoms with Crippen molar-refractivity contribution in [2.75, 3.05) is 11.6 Å². The summed E-state index contributed by atoms with van der Waals surface area (Å²) in [6, 6.07) is 14.4. The average molecular weight is 486 g/mol. The number of amides is 1. The number of nitro benzene ring substituents is 1. The molecule has 0 saturated heterocycles. The van der Waals surface area contributed by atoms with E-state index >= 15 is 0 Å². The van der Waals surface area contributed by atoms with Gasteiger partial charge in [0.1, 0.15) is 24.0 Å². The summed E-state index contributed by atoms with van der Waals surface area (Å²) in [5.41, 5.74) is 0.667. The Kier molecular flexibility index (Phi) is 7.11. The van der Waals surface area contributed by atoms with Gasteiger partial charge in [0.25, 0.3) is 16.8 Å². The summed E-state index contributed by atoms with van der Waals surface area (Å²) >= 11 is 0.680. The first kappa shape index (κ1) is 23.5. The molecule has 168 valence electrons. The van der Waals surface area contributed by atoms with E-state index in [1.807, 2.05) is 0 Å². The maximum absolute atomic E-state index is 12.3. The Balaban J connectivity index is 1.67. The van der Waals surface area contributed by atoms with Gasteiger partial charge in [0, 0.05) is 23.9 Å². The van der Waals surface area contributed by atoms with Crippen molar-refractivity contribution in [2.24, 2.45) is 0 Å². The highest BCUT2D eigenvalue weighted by Gasteiger charge is 2.17. The van der Waals surface area contributed by atoms with Crippen LogP contribution in [0.25, 0.3) is 6.08 Å². The lowest BCUT2D eigenvalue weighted by molar-refractivity contribution is -0.385. The summed E-state index contributed by atoms with van der Waals surface area (Å²) in [4.78, 5) is 26.6. The minimum atomic E-state index is -3.61. The number of carbonyl (C=O) groups is 1. The number of carbonyl (C=O) groups excluding carboxylic acids is 1. The molecule has 0 fully saturated rings. The van der Waals surface area contributed by atoms with E-state index in [1.54, 1.807) is 48.5 Å². The molecule has 0 saturated carbocycles. The van der Waals surface area contributed by atoms with Crippen LogP contribution in [0.1, 0.15) is 11.1 Å². The Morgan fingerprint density at radius 2 is 1.97 bits per heavy atom. The van der Waals surface area contributed by atoms with Gasteiger partial charge in [-0.1, -0.05) is 24.3 Å². The molecule has 11 nitrogen and oxygen atoms in total. The molecule has 0 radical (unpaired) electrons. The third-order valence-corrected chi connectivity index (χ3v) is 5.69. The molecule has 0 bridgehead atoms. The lowest BCUT2D eigenvalue weighted by Gasteiger charge is -2.07. The van der Waals surface area contributed by atoms with Crippen LogP contribution >= 0.6 is 11.5 Å². The highest BCUT2D eigenvalue weighted by Crippen LogP contribution is 2.22. The molecule has 3 rings (SSSR count). The van der Waals surface area contributed by atoms with E-state index in [1.165, 1.54) is 12.1 Å². The number of nitro groups is 1. The van der Waals surface area contributed by atoms with Crippen molar-refractivity contribution in [1.82, 2.24) is 9.36 Å². The number of nitrogens with one attached hydrogen (secondary N) is 1. The molecular formula is C20H15N5O6S2. The fraction of sp³-hybridized carbons (Fsp3) is 0.100. The number of sulfone groups is 1. The number of nitrogens with zero attached hydrogens (tertiary/aromatic N) is 4. The maximum Gasteiger partial charge on any atom is 0.276 e. The summed E-state index contributed by atoms with van der Waals surface area (Å²) in [6.45, 7) is -0.00446. The van der Waals surface area contributed by atoms with Gasteiger partial charge < -0.3 is 4.74 Å². The zero-order valence-corrected chi connectivity index (χ0v) is 18.6. The lowest BCUT2D eigenvalue weighted by Crippen LogP contribution is -2.13. The van der Waals surface area contributed by atoms with Gasteiger partial charge in [0.15, 0.2) is 0 Å². The predicted molar refractivity (Wildman–Crippen MR) is 119 cm³/mol. The number of anilines is 1. The molecule has 1 aromatic heterocycles. The van der Waals surface area contributed by atoms with E-state index in [0.29, 0.717) is 28.4 Å². The molecule has 0 spiro atoms. The quantitative estimate of drug-likeness (QED) is 0.218. The van der Waals surface area contributed by atoms with Gasteiger partial charge in [-0.25, -0.2) is 8.42 Å². The summed E-state index contributed by atoms with van der Waals surface area (Å²) in [6.07, 6.45) is 2.27. The van der Waals surface area contributed by atoms with Crippen molar-refractivity contribution < 1.29 is 22.9 Å². The van der Waals surface area contributed by atoms with Crippen LogP contribution in [0.2, 0.25) is 0 Å². The number of nitriles is 1. The maximum atomic E-state index is 12.3. The van der Waals surface area contributed by atoms with Crippen molar-refractivity contribution in [3.63, 3.8) is 0 Å². The van der Waals surface area contributed by atoms with E-state index in [4.69, 9.17) is 4.74 Å². The zero-order chi connectivity index (χ0) is 24.0. The summed E-state index contributed by atoms with van der Waals surface area (Å²) < 4.78 is 32.1. The van der Waals surface area contributed by atoms with Gasteiger partial charge in [-0.2, -0.15) is 14.6 Å². The molecule has 1 amide bonds. The smallest absolute Gasteiger partial charge is 0.276 e. The van der Waals surface area contributed by atoms with Crippen LogP contribution < -0.4 is 10.1 Å². The largest absolute Gasteiger partial charge is 0.489 e. The number of hydrogen-bond donors (Lipinski definition) is 1. The number of ether oxygens (including phenoxy) is 1. The van der Waals surface area contributed by atoms with Gasteiger partial charge >= 0.3 is 0 Å². The van der Waals surface area contributed by atoms with Crippen LogP contribution in [-0.4, -0.2) is 34.9 Å². The Hall–Kier alpha value is -4.15. The minimum Gasteiger partial charge on any atom is -0.489 e. The SMILES string of the molecule is CS(=O)(=O)c1nsc(NC(=O)/C(C#N)=C\c2ccc(OCc3ccccc3[N+](=O)[O-])cc2)n1. The van der Waals surface area contributed by atoms with Crippen LogP contribution in [0.3, 0.4) is 0 Å². The van der Waals surface area contributed by atoms with Crippen molar-refractivity contribution in [3.8, 4) is 11.8 Å². The molecule has 33 heavy (non-hydrogen) atoms. The van der Waals surface area contributed by atoms with Crippen LogP contribution in [0, 0.1) is 21.4 Å². The molecule has 0 aliphatic carbocycles. The first-order chi connectivity index (χ1) is 15.7. The Bertz CT molecular complexity index is 1370. The minimum absolute atomic E-state index is 0.00446. The highest BCUT2D eigenvalue weighted by molar-refractivity contribution is 7.90. The number of hydrogen-bond acceptors (Lipinski definition) is 10. The van der Waals surface area contributed by atoms with Gasteiger partial charge in [-0.05, 0) is 29.8 Å². The molecule has 1 heterocycles. The van der Waals surface area contributed by atoms with Crippen LogP contribution in [0.5, 0.6) is 5.75 Å². The first-order valence-corrected chi connectivity index (χ1v) is 11.8. The molecule has 0 aliphatic heterocycles. The Labute approximate surface area is 192 Å². The number of benzene rings is 2. The van der Waals surface area contributed by atoms with E-state index in [2.05, 4.69) is 14.7 Å². The molecule has 0 atom stereocenters. The summed E-state index contributed by atoms with van der Waals surface area (Å²) in [5.74, 6) is -0.333. The van der Waals surface area contributed by atoms with Crippen molar-refractivity contribution >= 4 is 44.2 Å². The molecule has 13 heteroatoms. The topological polar surface area (TPSA) is 165 Å². The fourth-order valence-corrected chi connectivity index (χ4v) is 3.96. The molecular weight excluding hydrogens is 470 g/mol. The van der Waals surface area contributed by atoms with Crippen LogP contribution in [0.4, 0.5) is 10.8 Å². The normalized spacial score (nSPS) is 11.5. The van der Waals surface area contributed by atoms with E-state index in [-0.39, 0.29) is 23.0 Å². The van der Waals surface area contributed by atoms with E-state index < -0.39 is 25.8 Å². The number of rotatable bonds is 8. The van der Waals surface area contributed by atoms with E-state index in [9.17, 15) is 28.6 Å². The molecule has 0 unspecified atom stereocenters. The van der Waals surface area contributed by atoms with Crippen molar-refractivity contribution in [2.45, 2.75) is 11.8 Å². The zero-order valence-electron chi connectivity index (χ0n) is 17.0. The molecule has 2 aromatic carbocycles. The van der Waals surface area contributed by atoms with Gasteiger partial charge in [-0.3, -0.25) is 20.2 Å². The van der Waals surface area contributed by atoms with Crippen molar-refractivity contribution in [1.29, 1.82) is 5.26 Å². The fourth-order valence-electron chi connectivity index (χ4n) is 2.52. The Morgan fingerprint density at radius 3 is 2.58 bits per heavy atom. The second-order valence-electron chi connectivity index (χ2n) is 6.52. The first-order valence-electron chi connectivity index (χ1n) is 9.09. The molecule has 3 aromatic rings. The van der Waals surface area contributed by atoms with Crippen molar-refractivity contribution in [3.05, 3.63) is 75.3 Å². The third kappa shape index (κ3) is 6.19. The Morgan fingerprint density at radius 1 is 1.27 bits per heavy atom. The van der Waals surface area contributed by atoms with Crippen LogP contribution in [0.15, 0.2) is 59.3 Å².